The van der Waals surface area contributed by atoms with Gasteiger partial charge in [0.2, 0.25) is 0 Å². The van der Waals surface area contributed by atoms with Crippen LogP contribution in [-0.2, 0) is 4.79 Å². The number of amides is 2. The Hall–Kier alpha value is -1.52. The second kappa shape index (κ2) is 5.70. The zero-order valence-electron chi connectivity index (χ0n) is 10.2. The second-order valence-corrected chi connectivity index (χ2v) is 4.51. The van der Waals surface area contributed by atoms with Crippen molar-refractivity contribution in [3.8, 4) is 0 Å². The van der Waals surface area contributed by atoms with Crippen molar-refractivity contribution in [3.63, 3.8) is 0 Å². The summed E-state index contributed by atoms with van der Waals surface area (Å²) in [5.41, 5.74) is -0.159. The van der Waals surface area contributed by atoms with Gasteiger partial charge in [0.15, 0.2) is 0 Å². The lowest BCUT2D eigenvalue weighted by Gasteiger charge is -2.25. The van der Waals surface area contributed by atoms with Gasteiger partial charge in [0.1, 0.15) is 5.54 Å². The quantitative estimate of drug-likeness (QED) is 0.639. The molecule has 5 heteroatoms. The van der Waals surface area contributed by atoms with E-state index in [0.717, 1.165) is 24.8 Å². The predicted molar refractivity (Wildman–Crippen MR) is 64.8 cm³/mol. The standard InChI is InChI=1S/C12H20N2O3/c1-3-9(2)8-13-11(17)14-12(10(15)16)6-4-5-7-12/h2-8H2,1H3,(H,15,16)(H2,13,14,17). The highest BCUT2D eigenvalue weighted by molar-refractivity contribution is 5.86. The van der Waals surface area contributed by atoms with Crippen molar-refractivity contribution >= 4 is 12.0 Å². The first-order chi connectivity index (χ1) is 8.00. The van der Waals surface area contributed by atoms with E-state index in [1.54, 1.807) is 0 Å². The van der Waals surface area contributed by atoms with Crippen LogP contribution in [0.15, 0.2) is 12.2 Å². The third-order valence-electron chi connectivity index (χ3n) is 3.22. The Morgan fingerprint density at radius 1 is 1.35 bits per heavy atom. The number of carboxylic acid groups (broad SMARTS) is 1. The second-order valence-electron chi connectivity index (χ2n) is 4.51. The summed E-state index contributed by atoms with van der Waals surface area (Å²) in [6, 6.07) is -0.427. The predicted octanol–water partition coefficient (Wildman–Crippen LogP) is 1.65. The molecule has 0 spiro atoms. The lowest BCUT2D eigenvalue weighted by atomic mass is 9.98. The summed E-state index contributed by atoms with van der Waals surface area (Å²) in [4.78, 5) is 22.8. The molecule has 0 aromatic rings. The number of urea groups is 1. The topological polar surface area (TPSA) is 78.4 Å². The van der Waals surface area contributed by atoms with Gasteiger partial charge in [-0.25, -0.2) is 9.59 Å². The number of aliphatic carboxylic acids is 1. The third-order valence-corrected chi connectivity index (χ3v) is 3.22. The van der Waals surface area contributed by atoms with Gasteiger partial charge in [-0.15, -0.1) is 0 Å². The summed E-state index contributed by atoms with van der Waals surface area (Å²) in [6.45, 7) is 6.11. The summed E-state index contributed by atoms with van der Waals surface area (Å²) in [5.74, 6) is -0.945. The summed E-state index contributed by atoms with van der Waals surface area (Å²) < 4.78 is 0. The average molecular weight is 240 g/mol. The molecule has 1 aliphatic carbocycles. The Morgan fingerprint density at radius 2 is 1.94 bits per heavy atom. The summed E-state index contributed by atoms with van der Waals surface area (Å²) in [7, 11) is 0. The molecule has 1 saturated carbocycles. The van der Waals surface area contributed by atoms with Crippen molar-refractivity contribution in [2.75, 3.05) is 6.54 Å². The minimum Gasteiger partial charge on any atom is -0.480 e. The molecular weight excluding hydrogens is 220 g/mol. The molecule has 0 aromatic carbocycles. The Balaban J connectivity index is 2.48. The Kier molecular flexibility index (Phi) is 4.54. The van der Waals surface area contributed by atoms with Crippen LogP contribution in [0.2, 0.25) is 0 Å². The normalized spacial score (nSPS) is 17.5. The third kappa shape index (κ3) is 3.47. The van der Waals surface area contributed by atoms with Crippen molar-refractivity contribution in [2.24, 2.45) is 0 Å². The largest absolute Gasteiger partial charge is 0.480 e. The van der Waals surface area contributed by atoms with E-state index in [2.05, 4.69) is 17.2 Å². The summed E-state index contributed by atoms with van der Waals surface area (Å²) >= 11 is 0. The van der Waals surface area contributed by atoms with E-state index >= 15 is 0 Å². The molecule has 0 aromatic heterocycles. The monoisotopic (exact) mass is 240 g/mol. The molecule has 3 N–H and O–H groups in total. The fraction of sp³-hybridized carbons (Fsp3) is 0.667. The molecule has 0 heterocycles. The van der Waals surface area contributed by atoms with Crippen LogP contribution in [0.4, 0.5) is 4.79 Å². The van der Waals surface area contributed by atoms with Gasteiger partial charge in [-0.1, -0.05) is 31.9 Å². The van der Waals surface area contributed by atoms with E-state index in [1.165, 1.54) is 0 Å². The number of carboxylic acids is 1. The molecular formula is C12H20N2O3. The maximum Gasteiger partial charge on any atom is 0.329 e. The first-order valence-corrected chi connectivity index (χ1v) is 5.96. The van der Waals surface area contributed by atoms with Crippen LogP contribution in [-0.4, -0.2) is 29.2 Å². The van der Waals surface area contributed by atoms with Gasteiger partial charge in [-0.2, -0.15) is 0 Å². The summed E-state index contributed by atoms with van der Waals surface area (Å²) in [5, 5.41) is 14.4. The van der Waals surface area contributed by atoms with Crippen LogP contribution in [0.3, 0.4) is 0 Å². The van der Waals surface area contributed by atoms with E-state index in [-0.39, 0.29) is 0 Å². The number of hydrogen-bond donors (Lipinski definition) is 3. The highest BCUT2D eigenvalue weighted by Gasteiger charge is 2.42. The van der Waals surface area contributed by atoms with Crippen molar-refractivity contribution < 1.29 is 14.7 Å². The van der Waals surface area contributed by atoms with Crippen molar-refractivity contribution in [1.82, 2.24) is 10.6 Å². The van der Waals surface area contributed by atoms with E-state index in [1.807, 2.05) is 6.92 Å². The zero-order chi connectivity index (χ0) is 12.9. The van der Waals surface area contributed by atoms with Crippen molar-refractivity contribution in [3.05, 3.63) is 12.2 Å². The molecule has 0 atom stereocenters. The maximum absolute atomic E-state index is 11.6. The minimum atomic E-state index is -1.07. The fourth-order valence-electron chi connectivity index (χ4n) is 1.96. The summed E-state index contributed by atoms with van der Waals surface area (Å²) in [6.07, 6.45) is 3.49. The maximum atomic E-state index is 11.6. The first-order valence-electron chi connectivity index (χ1n) is 5.96. The highest BCUT2D eigenvalue weighted by Crippen LogP contribution is 2.29. The van der Waals surface area contributed by atoms with E-state index < -0.39 is 17.5 Å². The Bertz CT molecular complexity index is 320. The van der Waals surface area contributed by atoms with Gasteiger partial charge in [0.05, 0.1) is 0 Å². The van der Waals surface area contributed by atoms with E-state index in [9.17, 15) is 14.7 Å². The highest BCUT2D eigenvalue weighted by atomic mass is 16.4. The molecule has 0 radical (unpaired) electrons. The van der Waals surface area contributed by atoms with Crippen LogP contribution in [0.5, 0.6) is 0 Å². The molecule has 0 unspecified atom stereocenters. The molecule has 1 fully saturated rings. The van der Waals surface area contributed by atoms with Crippen LogP contribution >= 0.6 is 0 Å². The Labute approximate surface area is 101 Å². The van der Waals surface area contributed by atoms with Crippen molar-refractivity contribution in [2.45, 2.75) is 44.6 Å². The first kappa shape index (κ1) is 13.5. The number of nitrogens with one attached hydrogen (secondary N) is 2. The van der Waals surface area contributed by atoms with Crippen LogP contribution < -0.4 is 10.6 Å². The minimum absolute atomic E-state index is 0.387. The number of hydrogen-bond acceptors (Lipinski definition) is 2. The fourth-order valence-corrected chi connectivity index (χ4v) is 1.96. The number of carbonyl (C=O) groups excluding carboxylic acids is 1. The molecule has 0 aliphatic heterocycles. The van der Waals surface area contributed by atoms with E-state index in [4.69, 9.17) is 0 Å². The van der Waals surface area contributed by atoms with Gasteiger partial charge < -0.3 is 15.7 Å². The molecule has 1 rings (SSSR count). The van der Waals surface area contributed by atoms with Crippen molar-refractivity contribution in [1.29, 1.82) is 0 Å². The smallest absolute Gasteiger partial charge is 0.329 e. The van der Waals surface area contributed by atoms with Gasteiger partial charge in [0.25, 0.3) is 0 Å². The molecule has 96 valence electrons. The Morgan fingerprint density at radius 3 is 2.41 bits per heavy atom. The van der Waals surface area contributed by atoms with E-state index in [0.29, 0.717) is 19.4 Å². The lowest BCUT2D eigenvalue weighted by molar-refractivity contribution is -0.144. The molecule has 1 aliphatic rings. The van der Waals surface area contributed by atoms with Gasteiger partial charge in [0, 0.05) is 6.54 Å². The number of rotatable bonds is 5. The zero-order valence-corrected chi connectivity index (χ0v) is 10.2. The van der Waals surface area contributed by atoms with Crippen LogP contribution in [0.1, 0.15) is 39.0 Å². The van der Waals surface area contributed by atoms with Crippen LogP contribution in [0.25, 0.3) is 0 Å². The lowest BCUT2D eigenvalue weighted by Crippen LogP contribution is -2.55. The SMILES string of the molecule is C=C(CC)CNC(=O)NC1(C(=O)O)CCCC1. The molecule has 2 amide bonds. The average Bonchev–Trinajstić information content (AvgIpc) is 2.75. The molecule has 0 saturated heterocycles. The molecule has 17 heavy (non-hydrogen) atoms. The van der Waals surface area contributed by atoms with Gasteiger partial charge in [-0.05, 0) is 19.3 Å². The van der Waals surface area contributed by atoms with Gasteiger partial charge >= 0.3 is 12.0 Å². The molecule has 0 bridgehead atoms. The molecule has 5 nitrogen and oxygen atoms in total. The van der Waals surface area contributed by atoms with Gasteiger partial charge in [-0.3, -0.25) is 0 Å². The van der Waals surface area contributed by atoms with Crippen LogP contribution in [0, 0.1) is 0 Å². The number of carbonyl (C=O) groups is 2.